The van der Waals surface area contributed by atoms with E-state index in [1.165, 1.54) is 5.56 Å². The highest BCUT2D eigenvalue weighted by molar-refractivity contribution is 6.30. The minimum atomic E-state index is -0.153. The molecule has 3 nitrogen and oxygen atoms in total. The van der Waals surface area contributed by atoms with Crippen molar-refractivity contribution < 1.29 is 4.84 Å². The first-order chi connectivity index (χ1) is 7.60. The molecule has 0 aromatic heterocycles. The number of hydrogen-bond donors (Lipinski definition) is 1. The van der Waals surface area contributed by atoms with Crippen LogP contribution in [0, 0.1) is 0 Å². The summed E-state index contributed by atoms with van der Waals surface area (Å²) in [7, 11) is 0. The fraction of sp³-hybridized carbons (Fsp3) is 0.417. The average Bonchev–Trinajstić information content (AvgIpc) is 2.59. The van der Waals surface area contributed by atoms with Crippen molar-refractivity contribution in [1.82, 2.24) is 5.32 Å². The van der Waals surface area contributed by atoms with Gasteiger partial charge in [-0.25, -0.2) is 0 Å². The van der Waals surface area contributed by atoms with Crippen LogP contribution >= 0.6 is 11.6 Å². The quantitative estimate of drug-likeness (QED) is 0.878. The lowest BCUT2D eigenvalue weighted by atomic mass is 9.98. The van der Waals surface area contributed by atoms with Crippen molar-refractivity contribution in [1.29, 1.82) is 0 Å². The summed E-state index contributed by atoms with van der Waals surface area (Å²) >= 11 is 5.83. The van der Waals surface area contributed by atoms with E-state index < -0.39 is 0 Å². The van der Waals surface area contributed by atoms with Gasteiger partial charge in [0.05, 0.1) is 11.3 Å². The van der Waals surface area contributed by atoms with Crippen molar-refractivity contribution in [2.45, 2.75) is 25.9 Å². The number of halogens is 1. The molecule has 0 bridgehead atoms. The monoisotopic (exact) mass is 238 g/mol. The highest BCUT2D eigenvalue weighted by atomic mass is 35.5. The topological polar surface area (TPSA) is 33.6 Å². The maximum Gasteiger partial charge on any atom is 0.140 e. The molecule has 1 unspecified atom stereocenters. The van der Waals surface area contributed by atoms with E-state index in [1.807, 2.05) is 31.2 Å². The van der Waals surface area contributed by atoms with Gasteiger partial charge in [-0.15, -0.1) is 0 Å². The lowest BCUT2D eigenvalue weighted by molar-refractivity contribution is 0.138. The Kier molecular flexibility index (Phi) is 3.17. The summed E-state index contributed by atoms with van der Waals surface area (Å²) in [4.78, 5) is 5.08. The van der Waals surface area contributed by atoms with Crippen LogP contribution in [0.4, 0.5) is 0 Å². The van der Waals surface area contributed by atoms with Crippen LogP contribution in [0.2, 0.25) is 5.02 Å². The zero-order valence-corrected chi connectivity index (χ0v) is 10.2. The highest BCUT2D eigenvalue weighted by Gasteiger charge is 2.33. The van der Waals surface area contributed by atoms with E-state index in [1.54, 1.807) is 0 Å². The molecule has 0 radical (unpaired) electrons. The first-order valence-electron chi connectivity index (χ1n) is 5.27. The van der Waals surface area contributed by atoms with Crippen LogP contribution in [-0.2, 0) is 11.4 Å². The second kappa shape index (κ2) is 4.44. The first kappa shape index (κ1) is 11.4. The molecule has 2 rings (SSSR count). The molecule has 0 spiro atoms. The summed E-state index contributed by atoms with van der Waals surface area (Å²) in [5.41, 5.74) is 2.03. The van der Waals surface area contributed by atoms with Crippen LogP contribution in [0.5, 0.6) is 0 Å². The highest BCUT2D eigenvalue weighted by Crippen LogP contribution is 2.16. The van der Waals surface area contributed by atoms with E-state index in [2.05, 4.69) is 17.4 Å². The second-order valence-corrected chi connectivity index (χ2v) is 4.70. The summed E-state index contributed by atoms with van der Waals surface area (Å²) in [6, 6.07) is 7.82. The standard InChI is InChI=1S/C12H15ClN2O/c1-9-12(2,8-16-15-9)14-7-10-3-5-11(13)6-4-10/h3-6,14H,7-8H2,1-2H3. The predicted molar refractivity (Wildman–Crippen MR) is 65.8 cm³/mol. The molecule has 0 amide bonds. The predicted octanol–water partition coefficient (Wildman–Crippen LogP) is 2.59. The fourth-order valence-electron chi connectivity index (χ4n) is 1.54. The van der Waals surface area contributed by atoms with Gasteiger partial charge in [0.1, 0.15) is 6.61 Å². The van der Waals surface area contributed by atoms with Gasteiger partial charge in [0.15, 0.2) is 0 Å². The van der Waals surface area contributed by atoms with Gasteiger partial charge < -0.3 is 4.84 Å². The Morgan fingerprint density at radius 3 is 2.69 bits per heavy atom. The van der Waals surface area contributed by atoms with Gasteiger partial charge in [-0.1, -0.05) is 28.9 Å². The Labute approximate surface area is 100 Å². The lowest BCUT2D eigenvalue weighted by Gasteiger charge is -2.23. The van der Waals surface area contributed by atoms with Crippen LogP contribution in [0.15, 0.2) is 29.4 Å². The van der Waals surface area contributed by atoms with E-state index >= 15 is 0 Å². The molecule has 1 heterocycles. The van der Waals surface area contributed by atoms with Gasteiger partial charge in [0.25, 0.3) is 0 Å². The number of benzene rings is 1. The summed E-state index contributed by atoms with van der Waals surface area (Å²) in [5, 5.41) is 8.15. The van der Waals surface area contributed by atoms with Gasteiger partial charge >= 0.3 is 0 Å². The third-order valence-corrected chi connectivity index (χ3v) is 3.20. The molecule has 1 N–H and O–H groups in total. The van der Waals surface area contributed by atoms with E-state index in [9.17, 15) is 0 Å². The molecule has 0 saturated carbocycles. The van der Waals surface area contributed by atoms with Crippen molar-refractivity contribution in [2.24, 2.45) is 5.16 Å². The molecule has 4 heteroatoms. The van der Waals surface area contributed by atoms with Crippen molar-refractivity contribution in [3.05, 3.63) is 34.9 Å². The molecule has 1 aliphatic rings. The van der Waals surface area contributed by atoms with Crippen LogP contribution in [-0.4, -0.2) is 17.9 Å². The van der Waals surface area contributed by atoms with Crippen molar-refractivity contribution in [3.8, 4) is 0 Å². The number of hydrogen-bond acceptors (Lipinski definition) is 3. The zero-order chi connectivity index (χ0) is 11.6. The van der Waals surface area contributed by atoms with Gasteiger partial charge in [-0.05, 0) is 31.5 Å². The summed E-state index contributed by atoms with van der Waals surface area (Å²) < 4.78 is 0. The van der Waals surface area contributed by atoms with Crippen LogP contribution < -0.4 is 5.32 Å². The van der Waals surface area contributed by atoms with Crippen molar-refractivity contribution in [3.63, 3.8) is 0 Å². The van der Waals surface area contributed by atoms with Crippen LogP contribution in [0.1, 0.15) is 19.4 Å². The van der Waals surface area contributed by atoms with Crippen LogP contribution in [0.25, 0.3) is 0 Å². The Balaban J connectivity index is 1.97. The molecule has 0 aliphatic carbocycles. The molecule has 1 aromatic rings. The maximum absolute atomic E-state index is 5.83. The summed E-state index contributed by atoms with van der Waals surface area (Å²) in [5.74, 6) is 0. The number of oxime groups is 1. The minimum absolute atomic E-state index is 0.153. The zero-order valence-electron chi connectivity index (χ0n) is 9.46. The van der Waals surface area contributed by atoms with Gasteiger partial charge in [0, 0.05) is 11.6 Å². The van der Waals surface area contributed by atoms with E-state index in [-0.39, 0.29) is 5.54 Å². The minimum Gasteiger partial charge on any atom is -0.393 e. The van der Waals surface area contributed by atoms with E-state index in [4.69, 9.17) is 16.4 Å². The molecule has 0 saturated heterocycles. The summed E-state index contributed by atoms with van der Waals surface area (Å²) in [6.07, 6.45) is 0. The normalized spacial score (nSPS) is 24.1. The maximum atomic E-state index is 5.83. The smallest absolute Gasteiger partial charge is 0.140 e. The Morgan fingerprint density at radius 2 is 2.12 bits per heavy atom. The van der Waals surface area contributed by atoms with Gasteiger partial charge in [-0.2, -0.15) is 0 Å². The number of nitrogens with one attached hydrogen (secondary N) is 1. The average molecular weight is 239 g/mol. The molecule has 86 valence electrons. The Hall–Kier alpha value is -1.06. The Morgan fingerprint density at radius 1 is 1.44 bits per heavy atom. The lowest BCUT2D eigenvalue weighted by Crippen LogP contribution is -2.48. The van der Waals surface area contributed by atoms with E-state index in [0.717, 1.165) is 17.3 Å². The second-order valence-electron chi connectivity index (χ2n) is 4.26. The van der Waals surface area contributed by atoms with Crippen molar-refractivity contribution in [2.75, 3.05) is 6.61 Å². The number of rotatable bonds is 3. The first-order valence-corrected chi connectivity index (χ1v) is 5.64. The van der Waals surface area contributed by atoms with Gasteiger partial charge in [0.2, 0.25) is 0 Å². The van der Waals surface area contributed by atoms with Crippen LogP contribution in [0.3, 0.4) is 0 Å². The SMILES string of the molecule is CC1=NOCC1(C)NCc1ccc(Cl)cc1. The Bertz CT molecular complexity index is 402. The van der Waals surface area contributed by atoms with E-state index in [0.29, 0.717) is 6.61 Å². The molecular weight excluding hydrogens is 224 g/mol. The van der Waals surface area contributed by atoms with Crippen molar-refractivity contribution >= 4 is 17.3 Å². The molecule has 16 heavy (non-hydrogen) atoms. The molecule has 1 atom stereocenters. The fourth-order valence-corrected chi connectivity index (χ4v) is 1.67. The molecule has 1 aliphatic heterocycles. The number of nitrogens with zero attached hydrogens (tertiary/aromatic N) is 1. The molecular formula is C12H15ClN2O. The summed E-state index contributed by atoms with van der Waals surface area (Å²) in [6.45, 7) is 5.44. The third kappa shape index (κ3) is 2.36. The third-order valence-electron chi connectivity index (χ3n) is 2.95. The largest absolute Gasteiger partial charge is 0.393 e. The van der Waals surface area contributed by atoms with Gasteiger partial charge in [-0.3, -0.25) is 5.32 Å². The molecule has 0 fully saturated rings. The molecule has 1 aromatic carbocycles.